The first-order valence-corrected chi connectivity index (χ1v) is 9.86. The highest BCUT2D eigenvalue weighted by molar-refractivity contribution is 8.00. The largest absolute Gasteiger partial charge is 0.352 e. The Hall–Kier alpha value is -1.14. The van der Waals surface area contributed by atoms with E-state index in [1.165, 1.54) is 23.3 Å². The lowest BCUT2D eigenvalue weighted by Crippen LogP contribution is -2.37. The van der Waals surface area contributed by atoms with E-state index in [-0.39, 0.29) is 11.2 Å². The number of carbonyl (C=O) groups excluding carboxylic acids is 1. The molecule has 23 heavy (non-hydrogen) atoms. The van der Waals surface area contributed by atoms with Crippen LogP contribution in [0.4, 0.5) is 0 Å². The van der Waals surface area contributed by atoms with Gasteiger partial charge in [0, 0.05) is 16.3 Å². The SMILES string of the molecule is Cc1nc(SC(C)C(=O)NC2CCCC2)c2c(C)c(C)sc2n1. The summed E-state index contributed by atoms with van der Waals surface area (Å²) >= 11 is 3.25. The van der Waals surface area contributed by atoms with Crippen LogP contribution in [0.3, 0.4) is 0 Å². The van der Waals surface area contributed by atoms with Crippen LogP contribution in [0.1, 0.15) is 48.9 Å². The molecule has 2 aromatic rings. The van der Waals surface area contributed by atoms with Gasteiger partial charge in [0.25, 0.3) is 0 Å². The van der Waals surface area contributed by atoms with Crippen molar-refractivity contribution in [1.82, 2.24) is 15.3 Å². The number of carbonyl (C=O) groups is 1. The number of fused-ring (bicyclic) bond motifs is 1. The molecule has 3 rings (SSSR count). The van der Waals surface area contributed by atoms with Gasteiger partial charge in [-0.25, -0.2) is 9.97 Å². The molecule has 1 N–H and O–H groups in total. The van der Waals surface area contributed by atoms with Gasteiger partial charge < -0.3 is 5.32 Å². The van der Waals surface area contributed by atoms with Gasteiger partial charge in [-0.05, 0) is 46.1 Å². The third kappa shape index (κ3) is 3.53. The highest BCUT2D eigenvalue weighted by atomic mass is 32.2. The first-order valence-electron chi connectivity index (χ1n) is 8.17. The molecule has 1 unspecified atom stereocenters. The van der Waals surface area contributed by atoms with Gasteiger partial charge in [-0.1, -0.05) is 24.6 Å². The van der Waals surface area contributed by atoms with Crippen molar-refractivity contribution in [1.29, 1.82) is 0 Å². The molecule has 0 saturated heterocycles. The van der Waals surface area contributed by atoms with Gasteiger partial charge in [0.2, 0.25) is 5.91 Å². The fourth-order valence-electron chi connectivity index (χ4n) is 3.01. The van der Waals surface area contributed by atoms with Crippen LogP contribution in [0.15, 0.2) is 5.03 Å². The molecule has 2 aromatic heterocycles. The molecule has 1 saturated carbocycles. The second kappa shape index (κ2) is 6.77. The van der Waals surface area contributed by atoms with Gasteiger partial charge in [-0.15, -0.1) is 11.3 Å². The van der Waals surface area contributed by atoms with Crippen LogP contribution in [0.5, 0.6) is 0 Å². The van der Waals surface area contributed by atoms with Crippen molar-refractivity contribution < 1.29 is 4.79 Å². The van der Waals surface area contributed by atoms with E-state index in [0.717, 1.165) is 33.9 Å². The number of nitrogens with zero attached hydrogens (tertiary/aromatic N) is 2. The molecule has 0 radical (unpaired) electrons. The van der Waals surface area contributed by atoms with Crippen molar-refractivity contribution in [3.63, 3.8) is 0 Å². The molecule has 1 aliphatic carbocycles. The maximum absolute atomic E-state index is 12.4. The standard InChI is InChI=1S/C17H23N3OS2/c1-9-10(2)22-16-14(9)17(19-12(4)18-16)23-11(3)15(21)20-13-7-5-6-8-13/h11,13H,5-8H2,1-4H3,(H,20,21). The van der Waals surface area contributed by atoms with E-state index >= 15 is 0 Å². The third-order valence-electron chi connectivity index (χ3n) is 4.47. The Morgan fingerprint density at radius 3 is 2.65 bits per heavy atom. The lowest BCUT2D eigenvalue weighted by atomic mass is 10.2. The van der Waals surface area contributed by atoms with Crippen LogP contribution in [-0.2, 0) is 4.79 Å². The normalized spacial score (nSPS) is 16.9. The summed E-state index contributed by atoms with van der Waals surface area (Å²) in [4.78, 5) is 23.9. The Morgan fingerprint density at radius 1 is 1.26 bits per heavy atom. The summed E-state index contributed by atoms with van der Waals surface area (Å²) in [7, 11) is 0. The van der Waals surface area contributed by atoms with Crippen molar-refractivity contribution in [2.24, 2.45) is 0 Å². The monoisotopic (exact) mass is 349 g/mol. The second-order valence-electron chi connectivity index (χ2n) is 6.29. The number of aryl methyl sites for hydroxylation is 3. The minimum Gasteiger partial charge on any atom is -0.352 e. The molecule has 124 valence electrons. The van der Waals surface area contributed by atoms with E-state index < -0.39 is 0 Å². The number of nitrogens with one attached hydrogen (secondary N) is 1. The number of hydrogen-bond acceptors (Lipinski definition) is 5. The zero-order valence-electron chi connectivity index (χ0n) is 14.1. The molecule has 4 nitrogen and oxygen atoms in total. The van der Waals surface area contributed by atoms with Gasteiger partial charge in [0.05, 0.1) is 5.25 Å². The predicted molar refractivity (Wildman–Crippen MR) is 97.3 cm³/mol. The maximum atomic E-state index is 12.4. The second-order valence-corrected chi connectivity index (χ2v) is 8.82. The maximum Gasteiger partial charge on any atom is 0.233 e. The number of thioether (sulfide) groups is 1. The van der Waals surface area contributed by atoms with Crippen molar-refractivity contribution in [3.05, 3.63) is 16.3 Å². The average molecular weight is 350 g/mol. The molecule has 0 bridgehead atoms. The molecule has 0 aromatic carbocycles. The minimum atomic E-state index is -0.146. The number of thiophene rings is 1. The molecule has 1 amide bonds. The number of aromatic nitrogens is 2. The van der Waals surface area contributed by atoms with Crippen LogP contribution >= 0.6 is 23.1 Å². The van der Waals surface area contributed by atoms with E-state index in [1.54, 1.807) is 23.1 Å². The lowest BCUT2D eigenvalue weighted by Gasteiger charge is -2.16. The third-order valence-corrected chi connectivity index (χ3v) is 6.65. The summed E-state index contributed by atoms with van der Waals surface area (Å²) in [5, 5.41) is 5.08. The van der Waals surface area contributed by atoms with E-state index in [0.29, 0.717) is 6.04 Å². The van der Waals surface area contributed by atoms with Crippen LogP contribution in [0, 0.1) is 20.8 Å². The molecule has 1 fully saturated rings. The zero-order valence-corrected chi connectivity index (χ0v) is 15.7. The van der Waals surface area contributed by atoms with E-state index in [1.807, 2.05) is 13.8 Å². The topological polar surface area (TPSA) is 54.9 Å². The van der Waals surface area contributed by atoms with Crippen molar-refractivity contribution in [3.8, 4) is 0 Å². The summed E-state index contributed by atoms with van der Waals surface area (Å²) in [5.74, 6) is 0.889. The number of hydrogen-bond donors (Lipinski definition) is 1. The van der Waals surface area contributed by atoms with Gasteiger partial charge in [0.15, 0.2) is 0 Å². The van der Waals surface area contributed by atoms with Crippen LogP contribution < -0.4 is 5.32 Å². The average Bonchev–Trinajstić information content (AvgIpc) is 3.08. The summed E-state index contributed by atoms with van der Waals surface area (Å²) in [6.07, 6.45) is 4.68. The molecule has 2 heterocycles. The molecule has 6 heteroatoms. The predicted octanol–water partition coefficient (Wildman–Crippen LogP) is 4.16. The highest BCUT2D eigenvalue weighted by Crippen LogP contribution is 2.36. The minimum absolute atomic E-state index is 0.121. The van der Waals surface area contributed by atoms with Crippen LogP contribution in [0.25, 0.3) is 10.2 Å². The molecule has 0 aliphatic heterocycles. The number of amides is 1. The molecule has 1 aliphatic rings. The molecular weight excluding hydrogens is 326 g/mol. The molecule has 1 atom stereocenters. The number of rotatable bonds is 4. The van der Waals surface area contributed by atoms with Gasteiger partial charge >= 0.3 is 0 Å². The Labute approximate surface area is 145 Å². The van der Waals surface area contributed by atoms with Gasteiger partial charge in [-0.3, -0.25) is 4.79 Å². The fraction of sp³-hybridized carbons (Fsp3) is 0.588. The van der Waals surface area contributed by atoms with Crippen molar-refractivity contribution in [2.75, 3.05) is 0 Å². The molecular formula is C17H23N3OS2. The first kappa shape index (κ1) is 16.7. The van der Waals surface area contributed by atoms with Gasteiger partial charge in [-0.2, -0.15) is 0 Å². The van der Waals surface area contributed by atoms with Gasteiger partial charge in [0.1, 0.15) is 15.7 Å². The fourth-order valence-corrected chi connectivity index (χ4v) is 5.21. The Morgan fingerprint density at radius 2 is 1.96 bits per heavy atom. The highest BCUT2D eigenvalue weighted by Gasteiger charge is 2.23. The Kier molecular flexibility index (Phi) is 4.92. The lowest BCUT2D eigenvalue weighted by molar-refractivity contribution is -0.120. The van der Waals surface area contributed by atoms with E-state index in [2.05, 4.69) is 29.1 Å². The van der Waals surface area contributed by atoms with Crippen molar-refractivity contribution >= 4 is 39.2 Å². The Balaban J connectivity index is 1.81. The first-order chi connectivity index (χ1) is 11.0. The van der Waals surface area contributed by atoms with Crippen LogP contribution in [-0.4, -0.2) is 27.2 Å². The van der Waals surface area contributed by atoms with Crippen LogP contribution in [0.2, 0.25) is 0 Å². The summed E-state index contributed by atoms with van der Waals surface area (Å²) in [6, 6.07) is 0.364. The summed E-state index contributed by atoms with van der Waals surface area (Å²) < 4.78 is 0. The quantitative estimate of drug-likeness (QED) is 0.665. The van der Waals surface area contributed by atoms with E-state index in [4.69, 9.17) is 0 Å². The summed E-state index contributed by atoms with van der Waals surface area (Å²) in [5.41, 5.74) is 1.23. The molecule has 0 spiro atoms. The summed E-state index contributed by atoms with van der Waals surface area (Å²) in [6.45, 7) is 8.10. The van der Waals surface area contributed by atoms with E-state index in [9.17, 15) is 4.79 Å². The zero-order chi connectivity index (χ0) is 16.6. The Bertz CT molecular complexity index is 735. The van der Waals surface area contributed by atoms with Crippen molar-refractivity contribution in [2.45, 2.75) is 69.7 Å². The smallest absolute Gasteiger partial charge is 0.233 e.